The highest BCUT2D eigenvalue weighted by Crippen LogP contribution is 2.13. The van der Waals surface area contributed by atoms with Crippen molar-refractivity contribution >= 4 is 11.5 Å². The minimum atomic E-state index is 0. The van der Waals surface area contributed by atoms with E-state index in [0.717, 1.165) is 16.9 Å². The predicted octanol–water partition coefficient (Wildman–Crippen LogP) is -2.60. The number of halogens is 1. The number of Topliss-reactive ketones (excluding diaryl/α,β-unsaturated/α-hetero) is 1. The zero-order valence-corrected chi connectivity index (χ0v) is 7.33. The zero-order chi connectivity index (χ0) is 7.72. The maximum atomic E-state index is 10.9. The first-order valence-electron chi connectivity index (χ1n) is 3.14. The number of aromatic nitrogens is 1. The predicted molar refractivity (Wildman–Crippen MR) is 38.1 cm³/mol. The molecular weight excluding hydrogens is 164 g/mol. The van der Waals surface area contributed by atoms with Gasteiger partial charge in [-0.25, -0.2) is 0 Å². The van der Waals surface area contributed by atoms with E-state index in [-0.39, 0.29) is 18.2 Å². The molecule has 4 N–H and O–H groups in total. The van der Waals surface area contributed by atoms with Gasteiger partial charge in [0.05, 0.1) is 11.8 Å². The highest BCUT2D eigenvalue weighted by atomic mass is 35.5. The summed E-state index contributed by atoms with van der Waals surface area (Å²) in [7, 11) is 0. The Balaban J connectivity index is 0.000001000. The van der Waals surface area contributed by atoms with E-state index >= 15 is 0 Å². The molecule has 1 aromatic heterocycles. The van der Waals surface area contributed by atoms with Crippen molar-refractivity contribution in [1.29, 1.82) is 0 Å². The molecule has 0 aliphatic rings. The molecule has 0 amide bonds. The van der Waals surface area contributed by atoms with Crippen LogP contribution in [0.3, 0.4) is 0 Å². The van der Waals surface area contributed by atoms with Gasteiger partial charge in [0.15, 0.2) is 11.5 Å². The van der Waals surface area contributed by atoms with E-state index in [1.807, 2.05) is 6.92 Å². The second kappa shape index (κ2) is 3.55. The fourth-order valence-corrected chi connectivity index (χ4v) is 1.07. The average Bonchev–Trinajstić information content (AvgIpc) is 2.11. The van der Waals surface area contributed by atoms with Crippen molar-refractivity contribution < 1.29 is 22.9 Å². The molecule has 1 aromatic rings. The van der Waals surface area contributed by atoms with Gasteiger partial charge in [-0.1, -0.05) is 0 Å². The molecule has 0 unspecified atom stereocenters. The molecule has 4 heteroatoms. The van der Waals surface area contributed by atoms with Gasteiger partial charge >= 0.3 is 0 Å². The molecule has 0 atom stereocenters. The van der Waals surface area contributed by atoms with Crippen molar-refractivity contribution in [3.05, 3.63) is 17.5 Å². The highest BCUT2D eigenvalue weighted by molar-refractivity contribution is 5.99. The topological polar surface area (TPSA) is 60.5 Å². The summed E-state index contributed by atoms with van der Waals surface area (Å²) in [6.07, 6.45) is 1.74. The van der Waals surface area contributed by atoms with Gasteiger partial charge in [-0.15, -0.1) is 0 Å². The Labute approximate surface area is 71.4 Å². The second-order valence-electron chi connectivity index (χ2n) is 2.37. The van der Waals surface area contributed by atoms with Crippen LogP contribution in [-0.4, -0.2) is 10.8 Å². The third kappa shape index (κ3) is 1.82. The van der Waals surface area contributed by atoms with Gasteiger partial charge < -0.3 is 23.1 Å². The summed E-state index contributed by atoms with van der Waals surface area (Å²) in [5, 5.41) is 0. The van der Waals surface area contributed by atoms with Crippen LogP contribution in [0.15, 0.2) is 6.20 Å². The molecule has 0 aromatic carbocycles. The molecule has 0 aliphatic heterocycles. The largest absolute Gasteiger partial charge is 1.00 e. The summed E-state index contributed by atoms with van der Waals surface area (Å²) < 4.78 is 0. The van der Waals surface area contributed by atoms with Crippen LogP contribution < -0.4 is 18.1 Å². The Hall–Kier alpha value is -0.800. The molecule has 0 radical (unpaired) electrons. The third-order valence-electron chi connectivity index (χ3n) is 1.51. The number of rotatable bonds is 1. The molecular formula is C7H11ClN2O. The molecule has 0 fully saturated rings. The number of ketones is 1. The lowest BCUT2D eigenvalue weighted by Crippen LogP contribution is -3.00. The Bertz CT molecular complexity index is 248. The minimum absolute atomic E-state index is 0. The molecule has 1 rings (SSSR count). The number of carbonyl (C=O) groups is 1. The fraction of sp³-hybridized carbons (Fsp3) is 0.286. The SMILES string of the molecule is CC(=O)c1c([NH3+])c[nH]c1C.[Cl-]. The smallest absolute Gasteiger partial charge is 0.167 e. The summed E-state index contributed by atoms with van der Waals surface area (Å²) in [6, 6.07) is 0. The van der Waals surface area contributed by atoms with Crippen LogP contribution in [0.4, 0.5) is 5.69 Å². The number of H-pyrrole nitrogens is 1. The van der Waals surface area contributed by atoms with Crippen LogP contribution in [0.1, 0.15) is 23.0 Å². The van der Waals surface area contributed by atoms with E-state index in [2.05, 4.69) is 10.7 Å². The van der Waals surface area contributed by atoms with Crippen molar-refractivity contribution in [2.75, 3.05) is 0 Å². The average molecular weight is 175 g/mol. The van der Waals surface area contributed by atoms with Crippen LogP contribution in [0.5, 0.6) is 0 Å². The van der Waals surface area contributed by atoms with E-state index < -0.39 is 0 Å². The number of carbonyl (C=O) groups excluding carboxylic acids is 1. The standard InChI is InChI=1S/C7H10N2O.ClH/c1-4-7(5(2)10)6(8)3-9-4;/h3,9H,8H2,1-2H3;1H. The van der Waals surface area contributed by atoms with E-state index in [0.29, 0.717) is 0 Å². The Morgan fingerprint density at radius 2 is 2.18 bits per heavy atom. The van der Waals surface area contributed by atoms with E-state index in [1.54, 1.807) is 13.1 Å². The first kappa shape index (κ1) is 10.2. The highest BCUT2D eigenvalue weighted by Gasteiger charge is 2.11. The van der Waals surface area contributed by atoms with Crippen LogP contribution in [0.25, 0.3) is 0 Å². The van der Waals surface area contributed by atoms with Crippen molar-refractivity contribution in [3.8, 4) is 0 Å². The van der Waals surface area contributed by atoms with Gasteiger partial charge in [-0.3, -0.25) is 4.79 Å². The molecule has 0 saturated carbocycles. The van der Waals surface area contributed by atoms with Crippen molar-refractivity contribution in [1.82, 2.24) is 4.98 Å². The maximum Gasteiger partial charge on any atom is 0.167 e. The van der Waals surface area contributed by atoms with Crippen molar-refractivity contribution in [2.24, 2.45) is 0 Å². The lowest BCUT2D eigenvalue weighted by Gasteiger charge is -1.90. The first-order valence-corrected chi connectivity index (χ1v) is 3.14. The van der Waals surface area contributed by atoms with Crippen LogP contribution in [0, 0.1) is 6.92 Å². The molecule has 0 bridgehead atoms. The lowest BCUT2D eigenvalue weighted by atomic mass is 10.1. The molecule has 62 valence electrons. The minimum Gasteiger partial charge on any atom is -1.00 e. The van der Waals surface area contributed by atoms with Gasteiger partial charge in [-0.05, 0) is 13.8 Å². The molecule has 1 heterocycles. The Kier molecular flexibility index (Phi) is 3.29. The van der Waals surface area contributed by atoms with Crippen LogP contribution in [-0.2, 0) is 0 Å². The first-order chi connectivity index (χ1) is 4.63. The lowest BCUT2D eigenvalue weighted by molar-refractivity contribution is -0.254. The van der Waals surface area contributed by atoms with Crippen molar-refractivity contribution in [3.63, 3.8) is 0 Å². The van der Waals surface area contributed by atoms with Gasteiger partial charge in [0.25, 0.3) is 0 Å². The summed E-state index contributed by atoms with van der Waals surface area (Å²) >= 11 is 0. The summed E-state index contributed by atoms with van der Waals surface area (Å²) in [5.74, 6) is 0.0729. The van der Waals surface area contributed by atoms with Crippen LogP contribution >= 0.6 is 0 Å². The Morgan fingerprint density at radius 3 is 2.36 bits per heavy atom. The van der Waals surface area contributed by atoms with E-state index in [4.69, 9.17) is 0 Å². The zero-order valence-electron chi connectivity index (χ0n) is 6.57. The van der Waals surface area contributed by atoms with Gasteiger partial charge in [0.1, 0.15) is 0 Å². The number of nitrogens with one attached hydrogen (secondary N) is 1. The normalized spacial score (nSPS) is 9.00. The Morgan fingerprint density at radius 1 is 1.64 bits per heavy atom. The van der Waals surface area contributed by atoms with E-state index in [1.165, 1.54) is 0 Å². The summed E-state index contributed by atoms with van der Waals surface area (Å²) in [5.41, 5.74) is 6.12. The van der Waals surface area contributed by atoms with E-state index in [9.17, 15) is 4.79 Å². The number of aryl methyl sites for hydroxylation is 1. The van der Waals surface area contributed by atoms with Crippen molar-refractivity contribution in [2.45, 2.75) is 13.8 Å². The number of quaternary nitrogens is 1. The number of aromatic amines is 1. The van der Waals surface area contributed by atoms with Gasteiger partial charge in [-0.2, -0.15) is 0 Å². The monoisotopic (exact) mass is 174 g/mol. The molecule has 11 heavy (non-hydrogen) atoms. The maximum absolute atomic E-state index is 10.9. The number of hydrogen-bond donors (Lipinski definition) is 2. The molecule has 0 spiro atoms. The third-order valence-corrected chi connectivity index (χ3v) is 1.51. The fourth-order valence-electron chi connectivity index (χ4n) is 1.07. The molecule has 0 saturated heterocycles. The van der Waals surface area contributed by atoms with Crippen LogP contribution in [0.2, 0.25) is 0 Å². The summed E-state index contributed by atoms with van der Waals surface area (Å²) in [6.45, 7) is 3.41. The molecule has 0 aliphatic carbocycles. The van der Waals surface area contributed by atoms with Gasteiger partial charge in [0, 0.05) is 5.69 Å². The quantitative estimate of drug-likeness (QED) is 0.451. The second-order valence-corrected chi connectivity index (χ2v) is 2.37. The number of hydrogen-bond acceptors (Lipinski definition) is 1. The van der Waals surface area contributed by atoms with Gasteiger partial charge in [0.2, 0.25) is 0 Å². The molecule has 3 nitrogen and oxygen atoms in total. The summed E-state index contributed by atoms with van der Waals surface area (Å²) in [4.78, 5) is 13.8.